The van der Waals surface area contributed by atoms with Gasteiger partial charge in [-0.25, -0.2) is 13.1 Å². The summed E-state index contributed by atoms with van der Waals surface area (Å²) in [4.78, 5) is 0.0787. The summed E-state index contributed by atoms with van der Waals surface area (Å²) in [6.07, 6.45) is 0. The van der Waals surface area contributed by atoms with E-state index in [-0.39, 0.29) is 16.1 Å². The summed E-state index contributed by atoms with van der Waals surface area (Å²) in [5.41, 5.74) is 2.15. The largest absolute Gasteiger partial charge is 0.495 e. The molecule has 0 saturated heterocycles. The highest BCUT2D eigenvalue weighted by Crippen LogP contribution is 2.33. The van der Waals surface area contributed by atoms with Gasteiger partial charge >= 0.3 is 0 Å². The van der Waals surface area contributed by atoms with Gasteiger partial charge in [-0.3, -0.25) is 4.72 Å². The molecule has 3 rings (SSSR count). The monoisotopic (exact) mass is 399 g/mol. The van der Waals surface area contributed by atoms with E-state index in [0.29, 0.717) is 5.82 Å². The fraction of sp³-hybridized carbons (Fsp3) is 0.286. The van der Waals surface area contributed by atoms with Gasteiger partial charge in [0.15, 0.2) is 0 Å². The lowest BCUT2D eigenvalue weighted by Gasteiger charge is -2.16. The SMILES string of the molecule is COc1ccccc1S(=O)(=O)Nc1c(C)c(C(C)(C)C)nn1-c1ccccc1. The summed E-state index contributed by atoms with van der Waals surface area (Å²) in [6, 6.07) is 16.0. The normalized spacial score (nSPS) is 12.0. The van der Waals surface area contributed by atoms with Crippen molar-refractivity contribution >= 4 is 15.8 Å². The molecule has 0 aliphatic rings. The van der Waals surface area contributed by atoms with Crippen molar-refractivity contribution in [2.75, 3.05) is 11.8 Å². The van der Waals surface area contributed by atoms with Crippen LogP contribution in [0.4, 0.5) is 5.82 Å². The van der Waals surface area contributed by atoms with Crippen molar-refractivity contribution in [1.29, 1.82) is 0 Å². The first-order chi connectivity index (χ1) is 13.1. The summed E-state index contributed by atoms with van der Waals surface area (Å²) in [6.45, 7) is 8.04. The van der Waals surface area contributed by atoms with Crippen LogP contribution in [0.5, 0.6) is 5.75 Å². The Morgan fingerprint density at radius 1 is 1.00 bits per heavy atom. The average molecular weight is 400 g/mol. The summed E-state index contributed by atoms with van der Waals surface area (Å²) < 4.78 is 35.9. The first-order valence-corrected chi connectivity index (χ1v) is 10.4. The summed E-state index contributed by atoms with van der Waals surface area (Å²) >= 11 is 0. The molecule has 0 amide bonds. The van der Waals surface area contributed by atoms with Crippen LogP contribution in [0.2, 0.25) is 0 Å². The molecule has 1 N–H and O–H groups in total. The van der Waals surface area contributed by atoms with Gasteiger partial charge in [0.1, 0.15) is 16.5 Å². The van der Waals surface area contributed by atoms with Gasteiger partial charge in [-0.05, 0) is 31.2 Å². The van der Waals surface area contributed by atoms with Gasteiger partial charge in [0.25, 0.3) is 10.0 Å². The first-order valence-electron chi connectivity index (χ1n) is 8.96. The molecule has 0 unspecified atom stereocenters. The molecule has 6 nitrogen and oxygen atoms in total. The summed E-state index contributed by atoms with van der Waals surface area (Å²) in [5.74, 6) is 0.705. The Labute approximate surface area is 166 Å². The zero-order chi connectivity index (χ0) is 20.5. The van der Waals surface area contributed by atoms with Crippen LogP contribution in [0.1, 0.15) is 32.0 Å². The highest BCUT2D eigenvalue weighted by atomic mass is 32.2. The fourth-order valence-corrected chi connectivity index (χ4v) is 4.39. The Morgan fingerprint density at radius 2 is 1.61 bits per heavy atom. The molecule has 0 aliphatic heterocycles. The lowest BCUT2D eigenvalue weighted by atomic mass is 9.90. The maximum atomic E-state index is 13.1. The molecule has 0 aliphatic carbocycles. The van der Waals surface area contributed by atoms with Gasteiger partial charge in [0, 0.05) is 11.0 Å². The summed E-state index contributed by atoms with van der Waals surface area (Å²) in [5, 5.41) is 4.73. The van der Waals surface area contributed by atoms with Crippen LogP contribution in [0.15, 0.2) is 59.5 Å². The predicted molar refractivity (Wildman–Crippen MR) is 111 cm³/mol. The molecule has 3 aromatic rings. The predicted octanol–water partition coefficient (Wildman–Crippen LogP) is 4.29. The van der Waals surface area contributed by atoms with Gasteiger partial charge in [-0.1, -0.05) is 51.1 Å². The van der Waals surface area contributed by atoms with E-state index in [1.54, 1.807) is 22.9 Å². The van der Waals surface area contributed by atoms with E-state index in [9.17, 15) is 8.42 Å². The van der Waals surface area contributed by atoms with Gasteiger partial charge < -0.3 is 4.74 Å². The van der Waals surface area contributed by atoms with Crippen molar-refractivity contribution in [2.24, 2.45) is 0 Å². The van der Waals surface area contributed by atoms with Crippen LogP contribution in [-0.4, -0.2) is 25.3 Å². The minimum atomic E-state index is -3.88. The minimum Gasteiger partial charge on any atom is -0.495 e. The van der Waals surface area contributed by atoms with Crippen molar-refractivity contribution in [3.8, 4) is 11.4 Å². The number of aromatic nitrogens is 2. The molecular formula is C21H25N3O3S. The molecule has 0 atom stereocenters. The van der Waals surface area contributed by atoms with Gasteiger partial charge in [0.2, 0.25) is 0 Å². The molecule has 0 radical (unpaired) electrons. The number of nitrogens with one attached hydrogen (secondary N) is 1. The van der Waals surface area contributed by atoms with E-state index in [2.05, 4.69) is 25.5 Å². The third kappa shape index (κ3) is 3.75. The quantitative estimate of drug-likeness (QED) is 0.695. The fourth-order valence-electron chi connectivity index (χ4n) is 3.11. The van der Waals surface area contributed by atoms with Gasteiger partial charge in [-0.2, -0.15) is 5.10 Å². The van der Waals surface area contributed by atoms with Crippen LogP contribution < -0.4 is 9.46 Å². The van der Waals surface area contributed by atoms with E-state index < -0.39 is 10.0 Å². The number of ether oxygens (including phenoxy) is 1. The Hall–Kier alpha value is -2.80. The topological polar surface area (TPSA) is 73.2 Å². The second-order valence-corrected chi connectivity index (χ2v) is 9.23. The van der Waals surface area contributed by atoms with Crippen LogP contribution in [0.3, 0.4) is 0 Å². The number of sulfonamides is 1. The van der Waals surface area contributed by atoms with Crippen molar-refractivity contribution in [1.82, 2.24) is 9.78 Å². The molecule has 28 heavy (non-hydrogen) atoms. The standard InChI is InChI=1S/C21H25N3O3S/c1-15-19(21(2,3)4)22-24(16-11-7-6-8-12-16)20(15)23-28(25,26)18-14-10-9-13-17(18)27-5/h6-14,23H,1-5H3. The second-order valence-electron chi connectivity index (χ2n) is 7.58. The summed E-state index contributed by atoms with van der Waals surface area (Å²) in [7, 11) is -2.43. The van der Waals surface area contributed by atoms with Gasteiger partial charge in [-0.15, -0.1) is 0 Å². The molecule has 148 valence electrons. The number of para-hydroxylation sites is 2. The van der Waals surface area contributed by atoms with Crippen molar-refractivity contribution in [3.05, 3.63) is 65.9 Å². The number of benzene rings is 2. The third-order valence-corrected chi connectivity index (χ3v) is 5.80. The molecule has 0 fully saturated rings. The zero-order valence-corrected chi connectivity index (χ0v) is 17.5. The van der Waals surface area contributed by atoms with E-state index >= 15 is 0 Å². The maximum absolute atomic E-state index is 13.1. The molecular weight excluding hydrogens is 374 g/mol. The smallest absolute Gasteiger partial charge is 0.266 e. The Balaban J connectivity index is 2.17. The number of hydrogen-bond acceptors (Lipinski definition) is 4. The van der Waals surface area contributed by atoms with Crippen LogP contribution in [-0.2, 0) is 15.4 Å². The van der Waals surface area contributed by atoms with Crippen LogP contribution in [0, 0.1) is 6.92 Å². The second kappa shape index (κ2) is 7.31. The Kier molecular flexibility index (Phi) is 5.21. The highest BCUT2D eigenvalue weighted by Gasteiger charge is 2.28. The molecule has 0 bridgehead atoms. The Morgan fingerprint density at radius 3 is 2.21 bits per heavy atom. The molecule has 0 saturated carbocycles. The van der Waals surface area contributed by atoms with Gasteiger partial charge in [0.05, 0.1) is 18.5 Å². The Bertz CT molecular complexity index is 1080. The zero-order valence-electron chi connectivity index (χ0n) is 16.7. The van der Waals surface area contributed by atoms with E-state index in [4.69, 9.17) is 9.84 Å². The molecule has 0 spiro atoms. The number of anilines is 1. The number of rotatable bonds is 5. The minimum absolute atomic E-state index is 0.0787. The van der Waals surface area contributed by atoms with E-state index in [0.717, 1.165) is 16.9 Å². The maximum Gasteiger partial charge on any atom is 0.266 e. The number of methoxy groups -OCH3 is 1. The molecule has 2 aromatic carbocycles. The van der Waals surface area contributed by atoms with Crippen LogP contribution >= 0.6 is 0 Å². The van der Waals surface area contributed by atoms with Crippen LogP contribution in [0.25, 0.3) is 5.69 Å². The first kappa shape index (κ1) is 19.9. The van der Waals surface area contributed by atoms with Crippen molar-refractivity contribution in [3.63, 3.8) is 0 Å². The third-order valence-electron chi connectivity index (χ3n) is 4.42. The lowest BCUT2D eigenvalue weighted by molar-refractivity contribution is 0.403. The number of nitrogens with zero attached hydrogens (tertiary/aromatic N) is 2. The lowest BCUT2D eigenvalue weighted by Crippen LogP contribution is -2.17. The molecule has 7 heteroatoms. The molecule has 1 aromatic heterocycles. The molecule has 1 heterocycles. The average Bonchev–Trinajstić information content (AvgIpc) is 2.98. The van der Waals surface area contributed by atoms with E-state index in [1.807, 2.05) is 37.3 Å². The number of hydrogen-bond donors (Lipinski definition) is 1. The van der Waals surface area contributed by atoms with Crippen molar-refractivity contribution in [2.45, 2.75) is 38.0 Å². The highest BCUT2D eigenvalue weighted by molar-refractivity contribution is 7.92. The van der Waals surface area contributed by atoms with E-state index in [1.165, 1.54) is 13.2 Å². The van der Waals surface area contributed by atoms with Crippen molar-refractivity contribution < 1.29 is 13.2 Å².